The minimum atomic E-state index is 1.00. The standard InChI is InChI=1S/C14H12.2C2H6.CH4O/c1-3-7-13(8-4-1)11-12-14-9-5-2-6-10-14;3*1-2/h1-12H;2*1-2H3;2H,1H3/b12-11+;;;. The summed E-state index contributed by atoms with van der Waals surface area (Å²) in [5.41, 5.74) is 2.47. The molecule has 0 aliphatic carbocycles. The molecular formula is C19H28O. The maximum atomic E-state index is 7.00. The van der Waals surface area contributed by atoms with E-state index in [4.69, 9.17) is 5.11 Å². The van der Waals surface area contributed by atoms with E-state index in [-0.39, 0.29) is 0 Å². The third-order valence-electron chi connectivity index (χ3n) is 2.07. The first-order valence-corrected chi connectivity index (χ1v) is 7.18. The molecule has 0 saturated carbocycles. The van der Waals surface area contributed by atoms with E-state index in [1.165, 1.54) is 11.1 Å². The molecule has 0 fully saturated rings. The van der Waals surface area contributed by atoms with E-state index >= 15 is 0 Å². The van der Waals surface area contributed by atoms with Crippen LogP contribution in [0, 0.1) is 0 Å². The number of aliphatic hydroxyl groups is 1. The quantitative estimate of drug-likeness (QED) is 0.714. The zero-order valence-corrected chi connectivity index (χ0v) is 13.4. The second kappa shape index (κ2) is 17.1. The van der Waals surface area contributed by atoms with Crippen molar-refractivity contribution in [1.29, 1.82) is 0 Å². The van der Waals surface area contributed by atoms with Crippen LogP contribution >= 0.6 is 0 Å². The number of rotatable bonds is 2. The summed E-state index contributed by atoms with van der Waals surface area (Å²) in [7, 11) is 1.00. The van der Waals surface area contributed by atoms with Crippen molar-refractivity contribution in [3.8, 4) is 0 Å². The summed E-state index contributed by atoms with van der Waals surface area (Å²) in [6.45, 7) is 8.00. The first kappa shape index (κ1) is 20.5. The Morgan fingerprint density at radius 3 is 1.05 bits per heavy atom. The molecule has 0 amide bonds. The van der Waals surface area contributed by atoms with Crippen molar-refractivity contribution < 1.29 is 5.11 Å². The Hall–Kier alpha value is -1.86. The fraction of sp³-hybridized carbons (Fsp3) is 0.263. The van der Waals surface area contributed by atoms with Crippen molar-refractivity contribution in [2.75, 3.05) is 7.11 Å². The summed E-state index contributed by atoms with van der Waals surface area (Å²) < 4.78 is 0. The number of benzene rings is 2. The Balaban J connectivity index is 0. The molecule has 20 heavy (non-hydrogen) atoms. The molecule has 1 N–H and O–H groups in total. The minimum absolute atomic E-state index is 1.00. The maximum Gasteiger partial charge on any atom is 0.0319 e. The van der Waals surface area contributed by atoms with Gasteiger partial charge in [0.05, 0.1) is 0 Å². The van der Waals surface area contributed by atoms with E-state index in [0.29, 0.717) is 0 Å². The molecule has 2 aromatic carbocycles. The van der Waals surface area contributed by atoms with Gasteiger partial charge in [0.2, 0.25) is 0 Å². The Labute approximate surface area is 124 Å². The van der Waals surface area contributed by atoms with Crippen LogP contribution in [0.5, 0.6) is 0 Å². The molecule has 110 valence electrons. The van der Waals surface area contributed by atoms with E-state index in [1.807, 2.05) is 64.1 Å². The van der Waals surface area contributed by atoms with Crippen molar-refractivity contribution in [3.05, 3.63) is 71.8 Å². The molecule has 0 heterocycles. The van der Waals surface area contributed by atoms with Crippen LogP contribution in [0.3, 0.4) is 0 Å². The zero-order valence-electron chi connectivity index (χ0n) is 13.4. The van der Waals surface area contributed by atoms with Crippen LogP contribution < -0.4 is 0 Å². The average molecular weight is 272 g/mol. The summed E-state index contributed by atoms with van der Waals surface area (Å²) in [5.74, 6) is 0. The van der Waals surface area contributed by atoms with Crippen molar-refractivity contribution in [3.63, 3.8) is 0 Å². The fourth-order valence-electron chi connectivity index (χ4n) is 1.32. The highest BCUT2D eigenvalue weighted by Crippen LogP contribution is 2.06. The molecule has 0 radical (unpaired) electrons. The lowest BCUT2D eigenvalue weighted by molar-refractivity contribution is 0.399. The van der Waals surface area contributed by atoms with Crippen LogP contribution in [0.15, 0.2) is 60.7 Å². The molecule has 2 rings (SSSR count). The monoisotopic (exact) mass is 272 g/mol. The SMILES string of the molecule is C(=C\c1ccccc1)/c1ccccc1.CC.CC.CO. The highest BCUT2D eigenvalue weighted by atomic mass is 16.2. The normalized spacial score (nSPS) is 8.30. The third kappa shape index (κ3) is 10.1. The van der Waals surface area contributed by atoms with E-state index in [9.17, 15) is 0 Å². The van der Waals surface area contributed by atoms with Crippen LogP contribution in [0.2, 0.25) is 0 Å². The molecule has 1 nitrogen and oxygen atoms in total. The van der Waals surface area contributed by atoms with Gasteiger partial charge in [-0.3, -0.25) is 0 Å². The Morgan fingerprint density at radius 1 is 0.550 bits per heavy atom. The lowest BCUT2D eigenvalue weighted by Crippen LogP contribution is -1.70. The van der Waals surface area contributed by atoms with Crippen LogP contribution in [-0.2, 0) is 0 Å². The molecule has 0 saturated heterocycles. The second-order valence-electron chi connectivity index (χ2n) is 3.15. The fourth-order valence-corrected chi connectivity index (χ4v) is 1.32. The average Bonchev–Trinajstić information content (AvgIpc) is 2.60. The van der Waals surface area contributed by atoms with Crippen LogP contribution in [0.25, 0.3) is 12.2 Å². The van der Waals surface area contributed by atoms with Gasteiger partial charge in [0.25, 0.3) is 0 Å². The van der Waals surface area contributed by atoms with Crippen molar-refractivity contribution in [1.82, 2.24) is 0 Å². The number of aliphatic hydroxyl groups excluding tert-OH is 1. The Bertz CT molecular complexity index is 363. The molecule has 2 aromatic rings. The van der Waals surface area contributed by atoms with Gasteiger partial charge in [-0.15, -0.1) is 0 Å². The van der Waals surface area contributed by atoms with Crippen molar-refractivity contribution >= 4 is 12.2 Å². The molecule has 0 aliphatic rings. The number of hydrogen-bond acceptors (Lipinski definition) is 1. The first-order valence-electron chi connectivity index (χ1n) is 7.18. The van der Waals surface area contributed by atoms with Crippen LogP contribution in [-0.4, -0.2) is 12.2 Å². The van der Waals surface area contributed by atoms with Gasteiger partial charge in [0.15, 0.2) is 0 Å². The minimum Gasteiger partial charge on any atom is -0.400 e. The summed E-state index contributed by atoms with van der Waals surface area (Å²) >= 11 is 0. The third-order valence-corrected chi connectivity index (χ3v) is 2.07. The summed E-state index contributed by atoms with van der Waals surface area (Å²) in [5, 5.41) is 7.00. The second-order valence-corrected chi connectivity index (χ2v) is 3.15. The molecule has 0 aromatic heterocycles. The van der Waals surface area contributed by atoms with Gasteiger partial charge < -0.3 is 5.11 Å². The topological polar surface area (TPSA) is 20.2 Å². The predicted octanol–water partition coefficient (Wildman–Crippen LogP) is 5.52. The van der Waals surface area contributed by atoms with Gasteiger partial charge in [-0.2, -0.15) is 0 Å². The van der Waals surface area contributed by atoms with Crippen molar-refractivity contribution in [2.24, 2.45) is 0 Å². The van der Waals surface area contributed by atoms with E-state index in [2.05, 4.69) is 36.4 Å². The van der Waals surface area contributed by atoms with Crippen LogP contribution in [0.4, 0.5) is 0 Å². The molecule has 0 aliphatic heterocycles. The number of hydrogen-bond donors (Lipinski definition) is 1. The molecule has 0 spiro atoms. The Morgan fingerprint density at radius 2 is 0.800 bits per heavy atom. The van der Waals surface area contributed by atoms with Crippen LogP contribution in [0.1, 0.15) is 38.8 Å². The molecule has 1 heteroatoms. The van der Waals surface area contributed by atoms with E-state index in [1.54, 1.807) is 0 Å². The summed E-state index contributed by atoms with van der Waals surface area (Å²) in [4.78, 5) is 0. The zero-order chi connectivity index (χ0) is 15.6. The first-order chi connectivity index (χ1) is 9.95. The summed E-state index contributed by atoms with van der Waals surface area (Å²) in [6.07, 6.45) is 4.24. The lowest BCUT2D eigenvalue weighted by Gasteiger charge is -1.92. The largest absolute Gasteiger partial charge is 0.400 e. The molecule has 0 atom stereocenters. The molecular weight excluding hydrogens is 244 g/mol. The highest BCUT2D eigenvalue weighted by Gasteiger charge is 1.84. The van der Waals surface area contributed by atoms with Gasteiger partial charge in [0.1, 0.15) is 0 Å². The Kier molecular flexibility index (Phi) is 17.5. The smallest absolute Gasteiger partial charge is 0.0319 e. The molecule has 0 bridgehead atoms. The van der Waals surface area contributed by atoms with E-state index < -0.39 is 0 Å². The lowest BCUT2D eigenvalue weighted by atomic mass is 10.1. The van der Waals surface area contributed by atoms with Gasteiger partial charge in [-0.1, -0.05) is 101 Å². The maximum absolute atomic E-state index is 7.00. The van der Waals surface area contributed by atoms with Crippen molar-refractivity contribution in [2.45, 2.75) is 27.7 Å². The van der Waals surface area contributed by atoms with Gasteiger partial charge >= 0.3 is 0 Å². The summed E-state index contributed by atoms with van der Waals surface area (Å²) in [6, 6.07) is 20.6. The van der Waals surface area contributed by atoms with E-state index in [0.717, 1.165) is 7.11 Å². The predicted molar refractivity (Wildman–Crippen MR) is 92.7 cm³/mol. The highest BCUT2D eigenvalue weighted by molar-refractivity contribution is 5.69. The van der Waals surface area contributed by atoms with Gasteiger partial charge in [-0.05, 0) is 11.1 Å². The van der Waals surface area contributed by atoms with Gasteiger partial charge in [0, 0.05) is 7.11 Å². The molecule has 0 unspecified atom stereocenters. The van der Waals surface area contributed by atoms with Gasteiger partial charge in [-0.25, -0.2) is 0 Å².